The molecule has 1 aliphatic heterocycles. The van der Waals surface area contributed by atoms with E-state index in [1.165, 1.54) is 0 Å². The fraction of sp³-hybridized carbons (Fsp3) is 1.00. The Morgan fingerprint density at radius 3 is 0.425 bits per heavy atom. The van der Waals surface area contributed by atoms with E-state index in [2.05, 4.69) is 111 Å². The minimum Gasteiger partial charge on any atom is -0.415 e. The standard InChI is InChI=1S/C32H72O4Si4/c1-25(2)17-37(18-26(3)4)33-38(19-27(5)6,20-28(7)8)35-40(23-31(13)14,24-32(15)16)36-39(34-37,21-29(9)10)22-30(11)12/h25-32H,17-24H2,1-16H3. The van der Waals surface area contributed by atoms with Gasteiger partial charge >= 0.3 is 34.2 Å². The van der Waals surface area contributed by atoms with Crippen LogP contribution in [-0.2, 0) is 16.5 Å². The SMILES string of the molecule is CC(C)C[Si]1(CC(C)C)O[Si](CC(C)C)(CC(C)C)O[Si](CC(C)C)(CC(C)C)O[Si](CC(C)C)(CC(C)C)O1. The molecule has 240 valence electrons. The van der Waals surface area contributed by atoms with Crippen LogP contribution in [0.1, 0.15) is 111 Å². The summed E-state index contributed by atoms with van der Waals surface area (Å²) in [4.78, 5) is 0. The van der Waals surface area contributed by atoms with Gasteiger partial charge < -0.3 is 16.5 Å². The second-order valence-electron chi connectivity index (χ2n) is 16.8. The molecule has 0 saturated carbocycles. The van der Waals surface area contributed by atoms with Crippen molar-refractivity contribution in [2.45, 2.75) is 159 Å². The van der Waals surface area contributed by atoms with Gasteiger partial charge in [0.2, 0.25) is 0 Å². The molecule has 0 aromatic carbocycles. The predicted molar refractivity (Wildman–Crippen MR) is 185 cm³/mol. The van der Waals surface area contributed by atoms with Crippen LogP contribution >= 0.6 is 0 Å². The van der Waals surface area contributed by atoms with Gasteiger partial charge in [0.1, 0.15) is 0 Å². The lowest BCUT2D eigenvalue weighted by molar-refractivity contribution is 0.189. The zero-order valence-electron chi connectivity index (χ0n) is 29.9. The Morgan fingerprint density at radius 2 is 0.350 bits per heavy atom. The first kappa shape index (κ1) is 38.7. The molecule has 0 spiro atoms. The number of hydrogen-bond acceptors (Lipinski definition) is 4. The molecule has 1 heterocycles. The van der Waals surface area contributed by atoms with E-state index >= 15 is 0 Å². The molecule has 0 amide bonds. The second-order valence-corrected chi connectivity index (χ2v) is 30.7. The first-order valence-corrected chi connectivity index (χ1v) is 25.9. The average molecular weight is 633 g/mol. The van der Waals surface area contributed by atoms with E-state index in [1.54, 1.807) is 0 Å². The maximum absolute atomic E-state index is 7.97. The van der Waals surface area contributed by atoms with Crippen LogP contribution < -0.4 is 0 Å². The van der Waals surface area contributed by atoms with E-state index in [4.69, 9.17) is 16.5 Å². The van der Waals surface area contributed by atoms with Crippen molar-refractivity contribution >= 4 is 34.2 Å². The minimum atomic E-state index is -2.68. The highest BCUT2D eigenvalue weighted by Gasteiger charge is 2.62. The molecule has 0 aromatic heterocycles. The van der Waals surface area contributed by atoms with Gasteiger partial charge in [-0.05, 0) is 95.7 Å². The van der Waals surface area contributed by atoms with Crippen LogP contribution in [0.5, 0.6) is 0 Å². The third-order valence-corrected chi connectivity index (χ3v) is 30.7. The van der Waals surface area contributed by atoms with Gasteiger partial charge in [0, 0.05) is 0 Å². The molecule has 0 N–H and O–H groups in total. The smallest absolute Gasteiger partial charge is 0.321 e. The van der Waals surface area contributed by atoms with Crippen molar-refractivity contribution in [1.29, 1.82) is 0 Å². The lowest BCUT2D eigenvalue weighted by atomic mass is 10.3. The third-order valence-electron chi connectivity index (χ3n) is 7.24. The molecular weight excluding hydrogens is 561 g/mol. The van der Waals surface area contributed by atoms with E-state index in [0.29, 0.717) is 47.3 Å². The summed E-state index contributed by atoms with van der Waals surface area (Å²) < 4.78 is 31.9. The summed E-state index contributed by atoms with van der Waals surface area (Å²) in [5, 5.41) is 0. The molecule has 8 heteroatoms. The van der Waals surface area contributed by atoms with Gasteiger partial charge in [0.25, 0.3) is 0 Å². The molecule has 0 bridgehead atoms. The van der Waals surface area contributed by atoms with Crippen molar-refractivity contribution in [3.8, 4) is 0 Å². The Labute approximate surface area is 256 Å². The number of hydrogen-bond donors (Lipinski definition) is 0. The van der Waals surface area contributed by atoms with Crippen LogP contribution in [0.3, 0.4) is 0 Å². The van der Waals surface area contributed by atoms with Gasteiger partial charge in [-0.15, -0.1) is 0 Å². The molecular formula is C32H72O4Si4. The van der Waals surface area contributed by atoms with Crippen LogP contribution in [-0.4, -0.2) is 34.2 Å². The zero-order valence-corrected chi connectivity index (χ0v) is 33.9. The number of rotatable bonds is 16. The topological polar surface area (TPSA) is 36.9 Å². The normalized spacial score (nSPS) is 21.0. The monoisotopic (exact) mass is 632 g/mol. The highest BCUT2D eigenvalue weighted by molar-refractivity contribution is 6.95. The van der Waals surface area contributed by atoms with Crippen molar-refractivity contribution in [2.75, 3.05) is 0 Å². The lowest BCUT2D eigenvalue weighted by Gasteiger charge is -2.56. The molecule has 40 heavy (non-hydrogen) atoms. The quantitative estimate of drug-likeness (QED) is 0.159. The molecule has 0 unspecified atom stereocenters. The summed E-state index contributed by atoms with van der Waals surface area (Å²) in [5.74, 6) is 4.17. The Hall–Kier alpha value is 0.708. The Kier molecular flexibility index (Phi) is 15.6. The highest BCUT2D eigenvalue weighted by Crippen LogP contribution is 2.48. The molecule has 4 nitrogen and oxygen atoms in total. The van der Waals surface area contributed by atoms with Gasteiger partial charge in [-0.25, -0.2) is 0 Å². The van der Waals surface area contributed by atoms with Crippen molar-refractivity contribution in [1.82, 2.24) is 0 Å². The molecule has 1 rings (SSSR count). The van der Waals surface area contributed by atoms with Crippen LogP contribution in [0.25, 0.3) is 0 Å². The molecule has 1 aliphatic rings. The van der Waals surface area contributed by atoms with E-state index in [-0.39, 0.29) is 0 Å². The molecule has 0 aromatic rings. The average Bonchev–Trinajstić information content (AvgIpc) is 2.60. The van der Waals surface area contributed by atoms with E-state index in [1.807, 2.05) is 0 Å². The lowest BCUT2D eigenvalue weighted by Crippen LogP contribution is -2.71. The summed E-state index contributed by atoms with van der Waals surface area (Å²) >= 11 is 0. The van der Waals surface area contributed by atoms with Crippen molar-refractivity contribution in [2.24, 2.45) is 47.3 Å². The summed E-state index contributed by atoms with van der Waals surface area (Å²) in [5.41, 5.74) is 0. The maximum atomic E-state index is 7.97. The van der Waals surface area contributed by atoms with Gasteiger partial charge in [0.15, 0.2) is 0 Å². The summed E-state index contributed by atoms with van der Waals surface area (Å²) in [6, 6.07) is 8.31. The molecule has 1 fully saturated rings. The summed E-state index contributed by atoms with van der Waals surface area (Å²) in [6.45, 7) is 37.8. The van der Waals surface area contributed by atoms with Crippen molar-refractivity contribution < 1.29 is 16.5 Å². The maximum Gasteiger partial charge on any atom is 0.321 e. The minimum absolute atomic E-state index is 0.521. The predicted octanol–water partition coefficient (Wildman–Crippen LogP) is 11.1. The Balaban J connectivity index is 4.16. The van der Waals surface area contributed by atoms with Crippen LogP contribution in [0.2, 0.25) is 48.4 Å². The van der Waals surface area contributed by atoms with Gasteiger partial charge in [-0.3, -0.25) is 0 Å². The van der Waals surface area contributed by atoms with E-state index in [9.17, 15) is 0 Å². The molecule has 0 radical (unpaired) electrons. The van der Waals surface area contributed by atoms with E-state index in [0.717, 1.165) is 48.4 Å². The highest BCUT2D eigenvalue weighted by atomic mass is 28.5. The molecule has 1 saturated heterocycles. The first-order chi connectivity index (χ1) is 18.2. The fourth-order valence-electron chi connectivity index (χ4n) is 7.42. The largest absolute Gasteiger partial charge is 0.415 e. The summed E-state index contributed by atoms with van der Waals surface area (Å²) in [7, 11) is -10.7. The van der Waals surface area contributed by atoms with Crippen LogP contribution in [0, 0.1) is 47.3 Å². The van der Waals surface area contributed by atoms with Crippen molar-refractivity contribution in [3.05, 3.63) is 0 Å². The second kappa shape index (κ2) is 16.1. The van der Waals surface area contributed by atoms with Gasteiger partial charge in [-0.1, -0.05) is 111 Å². The van der Waals surface area contributed by atoms with Gasteiger partial charge in [-0.2, -0.15) is 0 Å². The van der Waals surface area contributed by atoms with Crippen LogP contribution in [0.4, 0.5) is 0 Å². The van der Waals surface area contributed by atoms with E-state index < -0.39 is 34.2 Å². The Bertz CT molecular complexity index is 546. The first-order valence-electron chi connectivity index (χ1n) is 17.0. The zero-order chi connectivity index (χ0) is 31.1. The third kappa shape index (κ3) is 13.1. The van der Waals surface area contributed by atoms with Crippen LogP contribution in [0.15, 0.2) is 0 Å². The molecule has 0 atom stereocenters. The molecule has 0 aliphatic carbocycles. The Morgan fingerprint density at radius 1 is 0.250 bits per heavy atom. The van der Waals surface area contributed by atoms with Crippen molar-refractivity contribution in [3.63, 3.8) is 0 Å². The van der Waals surface area contributed by atoms with Gasteiger partial charge in [0.05, 0.1) is 0 Å². The summed E-state index contributed by atoms with van der Waals surface area (Å²) in [6.07, 6.45) is 0. The fourth-order valence-corrected chi connectivity index (χ4v) is 36.4.